The molecule has 0 saturated heterocycles. The molecular weight excluding hydrogens is 727 g/mol. The van der Waals surface area contributed by atoms with Gasteiger partial charge in [-0.3, -0.25) is 0 Å². The van der Waals surface area contributed by atoms with Crippen LogP contribution in [-0.4, -0.2) is 87.5 Å². The van der Waals surface area contributed by atoms with Gasteiger partial charge in [0.25, 0.3) is 0 Å². The molecule has 4 aromatic carbocycles. The van der Waals surface area contributed by atoms with Crippen molar-refractivity contribution in [2.45, 2.75) is 55.4 Å². The first-order chi connectivity index (χ1) is 25.8. The predicted molar refractivity (Wildman–Crippen MR) is 223 cm³/mol. The highest BCUT2D eigenvalue weighted by Gasteiger charge is 2.22. The number of hydrogen-bond donors (Lipinski definition) is 0. The number of rotatable bonds is 22. The van der Waals surface area contributed by atoms with Gasteiger partial charge in [0.2, 0.25) is 0 Å². The van der Waals surface area contributed by atoms with Crippen LogP contribution in [-0.2, 0) is 0 Å². The van der Waals surface area contributed by atoms with Gasteiger partial charge in [0.05, 0.1) is 88.2 Å². The van der Waals surface area contributed by atoms with Gasteiger partial charge in [0, 0.05) is 24.5 Å². The van der Waals surface area contributed by atoms with Crippen LogP contribution in [0.15, 0.2) is 118 Å². The molecule has 9 nitrogen and oxygen atoms in total. The van der Waals surface area contributed by atoms with Crippen molar-refractivity contribution in [3.05, 3.63) is 97.1 Å². The first-order valence-electron chi connectivity index (χ1n) is 19.9. The van der Waals surface area contributed by atoms with E-state index in [1.165, 1.54) is 50.6 Å². The fraction of sp³-hybridized carbons (Fsp3) is 0.455. The second-order valence-electron chi connectivity index (χ2n) is 13.7. The number of azo groups is 2. The topological polar surface area (TPSA) is 65.1 Å². The van der Waals surface area contributed by atoms with E-state index >= 15 is 0 Å². The summed E-state index contributed by atoms with van der Waals surface area (Å²) in [6, 6.07) is 32.0. The first-order valence-corrected chi connectivity index (χ1v) is 19.9. The van der Waals surface area contributed by atoms with Gasteiger partial charge >= 0.3 is 0 Å². The molecule has 0 heterocycles. The Morgan fingerprint density at radius 1 is 0.400 bits per heavy atom. The van der Waals surface area contributed by atoms with Gasteiger partial charge in [-0.05, 0) is 152 Å². The highest BCUT2D eigenvalue weighted by Crippen LogP contribution is 2.29. The number of halogens is 2. The first kappa shape index (κ1) is 47.1. The lowest BCUT2D eigenvalue weighted by molar-refractivity contribution is -0.921. The van der Waals surface area contributed by atoms with Gasteiger partial charge in [-0.25, -0.2) is 0 Å². The van der Waals surface area contributed by atoms with Crippen LogP contribution in [0.1, 0.15) is 55.4 Å². The van der Waals surface area contributed by atoms with Crippen LogP contribution in [0, 0.1) is 0 Å². The molecule has 11 heteroatoms. The molecule has 55 heavy (non-hydrogen) atoms. The van der Waals surface area contributed by atoms with Gasteiger partial charge in [-0.1, -0.05) is 0 Å². The molecule has 0 aliphatic carbocycles. The summed E-state index contributed by atoms with van der Waals surface area (Å²) in [5, 5.41) is 17.8. The lowest BCUT2D eigenvalue weighted by atomic mass is 10.2. The van der Waals surface area contributed by atoms with Crippen molar-refractivity contribution in [1.29, 1.82) is 0 Å². The summed E-state index contributed by atoms with van der Waals surface area (Å²) in [5.41, 5.74) is 5.64. The molecule has 0 amide bonds. The minimum atomic E-state index is 0. The van der Waals surface area contributed by atoms with Crippen molar-refractivity contribution in [3.63, 3.8) is 0 Å². The Morgan fingerprint density at radius 2 is 0.655 bits per heavy atom. The van der Waals surface area contributed by atoms with E-state index in [9.17, 15) is 0 Å². The number of benzene rings is 4. The zero-order chi connectivity index (χ0) is 38.1. The van der Waals surface area contributed by atoms with E-state index < -0.39 is 0 Å². The summed E-state index contributed by atoms with van der Waals surface area (Å²) in [6.45, 7) is 31.6. The maximum Gasteiger partial charge on any atom is 0.127 e. The van der Waals surface area contributed by atoms with Crippen LogP contribution < -0.4 is 39.4 Å². The van der Waals surface area contributed by atoms with Crippen molar-refractivity contribution >= 4 is 34.1 Å². The minimum Gasteiger partial charge on any atom is -1.00 e. The average molecular weight is 792 g/mol. The quantitative estimate of drug-likeness (QED) is 0.0756. The van der Waals surface area contributed by atoms with E-state index in [1.54, 1.807) is 0 Å². The summed E-state index contributed by atoms with van der Waals surface area (Å²) >= 11 is 0. The molecule has 0 atom stereocenters. The van der Waals surface area contributed by atoms with Gasteiger partial charge < -0.3 is 48.3 Å². The molecule has 0 N–H and O–H groups in total. The molecule has 4 aromatic rings. The zero-order valence-corrected chi connectivity index (χ0v) is 36.0. The van der Waals surface area contributed by atoms with Crippen LogP contribution in [0.25, 0.3) is 0 Å². The smallest absolute Gasteiger partial charge is 0.127 e. The minimum absolute atomic E-state index is 0. The summed E-state index contributed by atoms with van der Waals surface area (Å²) in [7, 11) is 0. The SMILES string of the molecule is CCN(CC[N+](CC)(CC)CC)c1ccc(N=Nc2ccc(Oc3ccc(N=Nc4ccc(N(CC)CC[N+](CC)(CC)CC)cc4)cc3)cc2)cc1.[Cl-].[Cl-]. The molecule has 0 aliphatic rings. The predicted octanol–water partition coefficient (Wildman–Crippen LogP) is 5.72. The number of anilines is 2. The number of ether oxygens (including phenoxy) is 1. The molecule has 0 fully saturated rings. The van der Waals surface area contributed by atoms with Crippen molar-refractivity contribution in [2.24, 2.45) is 20.5 Å². The Bertz CT molecular complexity index is 1550. The van der Waals surface area contributed by atoms with Crippen LogP contribution in [0.2, 0.25) is 0 Å². The van der Waals surface area contributed by atoms with Gasteiger partial charge in [-0.15, -0.1) is 0 Å². The Balaban J connectivity index is 0.00000523. The molecular formula is C44H64Cl2N8O. The number of nitrogens with zero attached hydrogens (tertiary/aromatic N) is 8. The normalized spacial score (nSPS) is 11.7. The maximum absolute atomic E-state index is 6.07. The third kappa shape index (κ3) is 13.6. The van der Waals surface area contributed by atoms with Crippen molar-refractivity contribution in [2.75, 3.05) is 88.3 Å². The average Bonchev–Trinajstić information content (AvgIpc) is 3.22. The van der Waals surface area contributed by atoms with Crippen molar-refractivity contribution in [3.8, 4) is 11.5 Å². The lowest BCUT2D eigenvalue weighted by Gasteiger charge is -2.38. The van der Waals surface area contributed by atoms with Crippen LogP contribution >= 0.6 is 0 Å². The van der Waals surface area contributed by atoms with E-state index in [4.69, 9.17) is 4.74 Å². The van der Waals surface area contributed by atoms with Gasteiger partial charge in [0.15, 0.2) is 0 Å². The standard InChI is InChI=1S/C44H64N8O.2ClH/c1-9-49(33-35-51(11-3,12-4)13-5)41-25-17-37(18-26-41)45-47-39-21-29-43(30-22-39)53-44-31-23-40(24-32-44)48-46-38-19-27-42(28-20-38)50(10-2)34-36-52(14-6,15-7)16-8;;/h17-32H,9-16,33-36H2,1-8H3;2*1H/q+2;;/p-2. The number of quaternary nitrogens is 2. The molecule has 300 valence electrons. The van der Waals surface area contributed by atoms with E-state index in [0.29, 0.717) is 0 Å². The summed E-state index contributed by atoms with van der Waals surface area (Å²) in [6.07, 6.45) is 0. The Hall–Kier alpha value is -4.02. The van der Waals surface area contributed by atoms with Crippen molar-refractivity contribution < 1.29 is 38.5 Å². The summed E-state index contributed by atoms with van der Waals surface area (Å²) < 4.78 is 8.38. The summed E-state index contributed by atoms with van der Waals surface area (Å²) in [4.78, 5) is 4.89. The number of hydrogen-bond acceptors (Lipinski definition) is 7. The highest BCUT2D eigenvalue weighted by molar-refractivity contribution is 5.54. The second-order valence-corrected chi connectivity index (χ2v) is 13.7. The Labute approximate surface area is 344 Å². The van der Waals surface area contributed by atoms with E-state index in [1.807, 2.05) is 72.8 Å². The third-order valence-electron chi connectivity index (χ3n) is 11.4. The lowest BCUT2D eigenvalue weighted by Crippen LogP contribution is -3.00. The van der Waals surface area contributed by atoms with Gasteiger partial charge in [-0.2, -0.15) is 20.5 Å². The van der Waals surface area contributed by atoms with Crippen LogP contribution in [0.3, 0.4) is 0 Å². The summed E-state index contributed by atoms with van der Waals surface area (Å²) in [5.74, 6) is 1.45. The largest absolute Gasteiger partial charge is 1.00 e. The zero-order valence-electron chi connectivity index (χ0n) is 34.5. The van der Waals surface area contributed by atoms with E-state index in [2.05, 4.69) is 110 Å². The fourth-order valence-electron chi connectivity index (χ4n) is 6.88. The Morgan fingerprint density at radius 3 is 0.891 bits per heavy atom. The van der Waals surface area contributed by atoms with E-state index in [0.717, 1.165) is 82.5 Å². The molecule has 0 radical (unpaired) electrons. The molecule has 0 unspecified atom stereocenters. The molecule has 0 saturated carbocycles. The van der Waals surface area contributed by atoms with E-state index in [-0.39, 0.29) is 24.8 Å². The monoisotopic (exact) mass is 790 g/mol. The van der Waals surface area contributed by atoms with Crippen LogP contribution in [0.5, 0.6) is 11.5 Å². The van der Waals surface area contributed by atoms with Gasteiger partial charge in [0.1, 0.15) is 11.5 Å². The maximum atomic E-state index is 6.07. The number of likely N-dealkylation sites (N-methyl/N-ethyl adjacent to an activating group) is 4. The van der Waals surface area contributed by atoms with Crippen molar-refractivity contribution in [1.82, 2.24) is 0 Å². The molecule has 4 rings (SSSR count). The second kappa shape index (κ2) is 23.8. The molecule has 0 aliphatic heterocycles. The van der Waals surface area contributed by atoms with Crippen LogP contribution in [0.4, 0.5) is 34.1 Å². The Kier molecular flexibility index (Phi) is 20.4. The molecule has 0 spiro atoms. The highest BCUT2D eigenvalue weighted by atomic mass is 35.5. The molecule has 0 aromatic heterocycles. The molecule has 0 bridgehead atoms. The third-order valence-corrected chi connectivity index (χ3v) is 11.4. The fourth-order valence-corrected chi connectivity index (χ4v) is 6.88.